The first-order chi connectivity index (χ1) is 15.7. The zero-order valence-corrected chi connectivity index (χ0v) is 18.0. The summed E-state index contributed by atoms with van der Waals surface area (Å²) in [6.45, 7) is 0.468. The third kappa shape index (κ3) is 4.58. The van der Waals surface area contributed by atoms with E-state index in [-0.39, 0.29) is 0 Å². The minimum absolute atomic E-state index is 0.468. The van der Waals surface area contributed by atoms with E-state index in [0.717, 1.165) is 22.4 Å². The van der Waals surface area contributed by atoms with E-state index in [2.05, 4.69) is 30.3 Å². The van der Waals surface area contributed by atoms with Crippen molar-refractivity contribution in [3.63, 3.8) is 0 Å². The molecule has 0 radical (unpaired) electrons. The molecule has 0 heterocycles. The van der Waals surface area contributed by atoms with Crippen molar-refractivity contribution >= 4 is 22.4 Å². The lowest BCUT2D eigenvalue weighted by atomic mass is 10.0. The summed E-state index contributed by atoms with van der Waals surface area (Å²) in [5, 5.41) is 12.1. The molecule has 0 aromatic heterocycles. The molecule has 158 valence electrons. The highest BCUT2D eigenvalue weighted by molar-refractivity contribution is 5.90. The Morgan fingerprint density at radius 2 is 1.62 bits per heavy atom. The maximum atomic E-state index is 9.73. The van der Waals surface area contributed by atoms with Gasteiger partial charge in [-0.1, -0.05) is 54.6 Å². The zero-order chi connectivity index (χ0) is 22.3. The van der Waals surface area contributed by atoms with Crippen molar-refractivity contribution in [1.82, 2.24) is 0 Å². The number of ether oxygens (including phenoxy) is 3. The van der Waals surface area contributed by atoms with E-state index in [1.165, 1.54) is 10.8 Å². The minimum atomic E-state index is 0.468. The summed E-state index contributed by atoms with van der Waals surface area (Å²) >= 11 is 0. The predicted octanol–water partition coefficient (Wildman–Crippen LogP) is 6.50. The van der Waals surface area contributed by atoms with E-state index in [4.69, 9.17) is 14.2 Å². The van der Waals surface area contributed by atoms with Crippen LogP contribution < -0.4 is 14.2 Å². The maximum Gasteiger partial charge on any atom is 0.161 e. The van der Waals surface area contributed by atoms with Crippen LogP contribution in [0.3, 0.4) is 0 Å². The first kappa shape index (κ1) is 21.0. The van der Waals surface area contributed by atoms with E-state index < -0.39 is 0 Å². The van der Waals surface area contributed by atoms with E-state index in [9.17, 15) is 5.26 Å². The van der Waals surface area contributed by atoms with Crippen LogP contribution in [0.2, 0.25) is 0 Å². The summed E-state index contributed by atoms with van der Waals surface area (Å²) in [6.07, 6.45) is 1.84. The van der Waals surface area contributed by atoms with Crippen molar-refractivity contribution in [3.05, 3.63) is 102 Å². The van der Waals surface area contributed by atoms with Gasteiger partial charge in [-0.2, -0.15) is 5.26 Å². The second-order valence-electron chi connectivity index (χ2n) is 7.24. The first-order valence-electron chi connectivity index (χ1n) is 10.3. The monoisotopic (exact) mass is 421 g/mol. The van der Waals surface area contributed by atoms with Gasteiger partial charge in [-0.05, 0) is 63.9 Å². The van der Waals surface area contributed by atoms with Crippen molar-refractivity contribution in [3.8, 4) is 23.3 Å². The Morgan fingerprint density at radius 1 is 0.844 bits per heavy atom. The van der Waals surface area contributed by atoms with Crippen LogP contribution in [-0.4, -0.2) is 14.2 Å². The van der Waals surface area contributed by atoms with Crippen molar-refractivity contribution in [1.29, 1.82) is 5.26 Å². The smallest absolute Gasteiger partial charge is 0.161 e. The molecule has 4 rings (SSSR count). The molecule has 0 saturated heterocycles. The van der Waals surface area contributed by atoms with Gasteiger partial charge >= 0.3 is 0 Å². The molecular formula is C28H23NO3. The van der Waals surface area contributed by atoms with Crippen LogP contribution in [0.5, 0.6) is 17.2 Å². The number of allylic oxidation sites excluding steroid dienone is 1. The van der Waals surface area contributed by atoms with E-state index in [1.807, 2.05) is 54.6 Å². The van der Waals surface area contributed by atoms with Crippen LogP contribution in [0, 0.1) is 11.3 Å². The highest BCUT2D eigenvalue weighted by Crippen LogP contribution is 2.31. The van der Waals surface area contributed by atoms with Crippen LogP contribution in [0.25, 0.3) is 22.4 Å². The molecule has 4 aromatic carbocycles. The molecule has 4 aromatic rings. The molecule has 4 heteroatoms. The zero-order valence-electron chi connectivity index (χ0n) is 18.0. The van der Waals surface area contributed by atoms with Gasteiger partial charge in [0, 0.05) is 0 Å². The Hall–Kier alpha value is -4.23. The maximum absolute atomic E-state index is 9.73. The fourth-order valence-corrected chi connectivity index (χ4v) is 3.62. The number of nitriles is 1. The molecule has 32 heavy (non-hydrogen) atoms. The molecule has 0 spiro atoms. The van der Waals surface area contributed by atoms with Crippen LogP contribution in [0.15, 0.2) is 84.9 Å². The average molecular weight is 421 g/mol. The topological polar surface area (TPSA) is 51.5 Å². The van der Waals surface area contributed by atoms with Gasteiger partial charge in [-0.25, -0.2) is 0 Å². The Labute approximate surface area is 187 Å². The number of hydrogen-bond donors (Lipinski definition) is 0. The highest BCUT2D eigenvalue weighted by Gasteiger charge is 2.09. The molecular weight excluding hydrogens is 398 g/mol. The van der Waals surface area contributed by atoms with Crippen LogP contribution in [-0.2, 0) is 6.61 Å². The number of benzene rings is 4. The summed E-state index contributed by atoms with van der Waals surface area (Å²) in [5.74, 6) is 1.95. The SMILES string of the molecule is COc1ccc(/C(C#N)=C/c2cccc(OCc3cccc4ccccc34)c2)cc1OC. The van der Waals surface area contributed by atoms with E-state index >= 15 is 0 Å². The van der Waals surface area contributed by atoms with Gasteiger partial charge in [0.05, 0.1) is 25.9 Å². The third-order valence-corrected chi connectivity index (χ3v) is 5.26. The van der Waals surface area contributed by atoms with E-state index in [0.29, 0.717) is 23.7 Å². The Bertz CT molecular complexity index is 1310. The summed E-state index contributed by atoms with van der Waals surface area (Å²) in [5.41, 5.74) is 3.29. The van der Waals surface area contributed by atoms with Crippen molar-refractivity contribution < 1.29 is 14.2 Å². The molecule has 0 N–H and O–H groups in total. The average Bonchev–Trinajstić information content (AvgIpc) is 2.85. The standard InChI is InChI=1S/C28H23NO3/c1-30-27-14-13-22(17-28(27)31-2)24(18-29)15-20-7-5-11-25(16-20)32-19-23-10-6-9-21-8-3-4-12-26(21)23/h3-17H,19H2,1-2H3/b24-15+. The number of fused-ring (bicyclic) bond motifs is 1. The Morgan fingerprint density at radius 3 is 2.44 bits per heavy atom. The van der Waals surface area contributed by atoms with Gasteiger partial charge in [-0.3, -0.25) is 0 Å². The lowest BCUT2D eigenvalue weighted by molar-refractivity contribution is 0.307. The summed E-state index contributed by atoms with van der Waals surface area (Å²) in [6, 6.07) is 29.9. The van der Waals surface area contributed by atoms with E-state index in [1.54, 1.807) is 26.4 Å². The normalized spacial score (nSPS) is 11.1. The summed E-state index contributed by atoms with van der Waals surface area (Å²) in [7, 11) is 3.16. The molecule has 0 aliphatic heterocycles. The number of methoxy groups -OCH3 is 2. The molecule has 0 fully saturated rings. The largest absolute Gasteiger partial charge is 0.493 e. The first-order valence-corrected chi connectivity index (χ1v) is 10.3. The van der Waals surface area contributed by atoms with Gasteiger partial charge in [0.25, 0.3) is 0 Å². The lowest BCUT2D eigenvalue weighted by Gasteiger charge is -2.10. The third-order valence-electron chi connectivity index (χ3n) is 5.26. The fourth-order valence-electron chi connectivity index (χ4n) is 3.62. The fraction of sp³-hybridized carbons (Fsp3) is 0.107. The second-order valence-corrected chi connectivity index (χ2v) is 7.24. The Balaban J connectivity index is 1.57. The molecule has 0 saturated carbocycles. The van der Waals surface area contributed by atoms with Crippen molar-refractivity contribution in [2.24, 2.45) is 0 Å². The van der Waals surface area contributed by atoms with Crippen LogP contribution >= 0.6 is 0 Å². The van der Waals surface area contributed by atoms with Crippen LogP contribution in [0.4, 0.5) is 0 Å². The van der Waals surface area contributed by atoms with Gasteiger partial charge in [0.2, 0.25) is 0 Å². The molecule has 0 unspecified atom stereocenters. The molecule has 4 nitrogen and oxygen atoms in total. The minimum Gasteiger partial charge on any atom is -0.493 e. The highest BCUT2D eigenvalue weighted by atomic mass is 16.5. The number of hydrogen-bond acceptors (Lipinski definition) is 4. The van der Waals surface area contributed by atoms with Gasteiger partial charge in [0.15, 0.2) is 11.5 Å². The Kier molecular flexibility index (Phi) is 6.38. The van der Waals surface area contributed by atoms with Gasteiger partial charge in [0.1, 0.15) is 12.4 Å². The van der Waals surface area contributed by atoms with Gasteiger partial charge < -0.3 is 14.2 Å². The molecule has 0 amide bonds. The molecule has 0 bridgehead atoms. The van der Waals surface area contributed by atoms with Crippen molar-refractivity contribution in [2.45, 2.75) is 6.61 Å². The number of nitrogens with zero attached hydrogens (tertiary/aromatic N) is 1. The summed E-state index contributed by atoms with van der Waals surface area (Å²) < 4.78 is 16.7. The molecule has 0 aliphatic carbocycles. The quantitative estimate of drug-likeness (QED) is 0.252. The molecule has 0 aliphatic rings. The molecule has 0 atom stereocenters. The lowest BCUT2D eigenvalue weighted by Crippen LogP contribution is -1.96. The van der Waals surface area contributed by atoms with Crippen LogP contribution in [0.1, 0.15) is 16.7 Å². The number of rotatable bonds is 7. The van der Waals surface area contributed by atoms with Gasteiger partial charge in [-0.15, -0.1) is 0 Å². The second kappa shape index (κ2) is 9.72. The predicted molar refractivity (Wildman–Crippen MR) is 128 cm³/mol. The van der Waals surface area contributed by atoms with Crippen molar-refractivity contribution in [2.75, 3.05) is 14.2 Å². The summed E-state index contributed by atoms with van der Waals surface area (Å²) in [4.78, 5) is 0.